The number of fused-ring (bicyclic) bond motifs is 1. The van der Waals surface area contributed by atoms with Gasteiger partial charge in [0.2, 0.25) is 0 Å². The van der Waals surface area contributed by atoms with Crippen molar-refractivity contribution < 1.29 is 5.11 Å². The summed E-state index contributed by atoms with van der Waals surface area (Å²) in [5, 5.41) is 22.4. The van der Waals surface area contributed by atoms with Crippen LogP contribution in [0.2, 0.25) is 0 Å². The number of nitrogens with zero attached hydrogens (tertiary/aromatic N) is 2. The molecule has 0 aliphatic heterocycles. The van der Waals surface area contributed by atoms with Gasteiger partial charge in [-0.1, -0.05) is 18.2 Å². The van der Waals surface area contributed by atoms with Gasteiger partial charge in [-0.3, -0.25) is 0 Å². The van der Waals surface area contributed by atoms with Gasteiger partial charge in [0, 0.05) is 18.0 Å². The second-order valence-electron chi connectivity index (χ2n) is 4.47. The molecule has 0 fully saturated rings. The molecular weight excluding hydrogens is 240 g/mol. The smallest absolute Gasteiger partial charge is 0.128 e. The number of anilines is 1. The molecule has 5 heteroatoms. The zero-order valence-electron chi connectivity index (χ0n) is 10.7. The molecule has 2 rings (SSSR count). The third kappa shape index (κ3) is 2.99. The summed E-state index contributed by atoms with van der Waals surface area (Å²) < 4.78 is 0. The molecule has 98 valence electrons. The number of aromatic nitrogens is 1. The Labute approximate surface area is 111 Å². The number of hydrogen-bond donors (Lipinski definition) is 3. The Bertz CT molecular complexity index is 618. The molecule has 0 saturated heterocycles. The highest BCUT2D eigenvalue weighted by molar-refractivity contribution is 5.86. The molecule has 19 heavy (non-hydrogen) atoms. The number of nitriles is 1. The summed E-state index contributed by atoms with van der Waals surface area (Å²) in [5.74, 6) is 0.589. The number of aliphatic hydroxyl groups excluding tert-OH is 1. The second-order valence-corrected chi connectivity index (χ2v) is 4.47. The highest BCUT2D eigenvalue weighted by Crippen LogP contribution is 2.19. The molecule has 1 aromatic heterocycles. The number of aliphatic hydroxyl groups is 1. The van der Waals surface area contributed by atoms with E-state index in [4.69, 9.17) is 11.0 Å². The Balaban J connectivity index is 2.28. The molecule has 0 saturated carbocycles. The molecule has 1 aromatic carbocycles. The minimum atomic E-state index is -0.594. The number of nitrogens with one attached hydrogen (secondary N) is 1. The SMILES string of the molecule is CC(O)C(N)CNc1cc(C#N)c2ccccc2n1. The molecule has 0 amide bonds. The normalized spacial score (nSPS) is 13.8. The quantitative estimate of drug-likeness (QED) is 0.764. The summed E-state index contributed by atoms with van der Waals surface area (Å²) >= 11 is 0. The van der Waals surface area contributed by atoms with Crippen LogP contribution < -0.4 is 11.1 Å². The lowest BCUT2D eigenvalue weighted by molar-refractivity contribution is 0.168. The van der Waals surface area contributed by atoms with Crippen molar-refractivity contribution in [1.82, 2.24) is 4.98 Å². The predicted molar refractivity (Wildman–Crippen MR) is 74.6 cm³/mol. The van der Waals surface area contributed by atoms with E-state index in [1.54, 1.807) is 13.0 Å². The fourth-order valence-corrected chi connectivity index (χ4v) is 1.75. The van der Waals surface area contributed by atoms with Gasteiger partial charge in [0.05, 0.1) is 23.3 Å². The number of rotatable bonds is 4. The van der Waals surface area contributed by atoms with Crippen molar-refractivity contribution in [2.75, 3.05) is 11.9 Å². The van der Waals surface area contributed by atoms with Crippen LogP contribution >= 0.6 is 0 Å². The molecule has 1 heterocycles. The molecule has 2 aromatic rings. The van der Waals surface area contributed by atoms with E-state index in [-0.39, 0.29) is 6.04 Å². The van der Waals surface area contributed by atoms with Crippen molar-refractivity contribution >= 4 is 16.7 Å². The first-order valence-electron chi connectivity index (χ1n) is 6.09. The molecule has 0 radical (unpaired) electrons. The Kier molecular flexibility index (Phi) is 3.95. The summed E-state index contributed by atoms with van der Waals surface area (Å²) in [5.41, 5.74) is 7.07. The number of nitrogens with two attached hydrogens (primary N) is 1. The Morgan fingerprint density at radius 3 is 2.89 bits per heavy atom. The van der Waals surface area contributed by atoms with Gasteiger partial charge in [0.25, 0.3) is 0 Å². The molecule has 0 spiro atoms. The van der Waals surface area contributed by atoms with Crippen molar-refractivity contribution in [3.63, 3.8) is 0 Å². The summed E-state index contributed by atoms with van der Waals surface area (Å²) in [4.78, 5) is 4.42. The second kappa shape index (κ2) is 5.65. The molecule has 4 N–H and O–H groups in total. The summed E-state index contributed by atoms with van der Waals surface area (Å²) in [6.45, 7) is 2.04. The van der Waals surface area contributed by atoms with Crippen molar-refractivity contribution in [1.29, 1.82) is 5.26 Å². The highest BCUT2D eigenvalue weighted by atomic mass is 16.3. The van der Waals surface area contributed by atoms with Gasteiger partial charge in [-0.15, -0.1) is 0 Å². The third-order valence-corrected chi connectivity index (χ3v) is 2.98. The Hall–Kier alpha value is -2.16. The minimum Gasteiger partial charge on any atom is -0.392 e. The minimum absolute atomic E-state index is 0.376. The van der Waals surface area contributed by atoms with Gasteiger partial charge >= 0.3 is 0 Å². The van der Waals surface area contributed by atoms with E-state index in [1.165, 1.54) is 0 Å². The topological polar surface area (TPSA) is 95.0 Å². The molecule has 2 unspecified atom stereocenters. The first-order chi connectivity index (χ1) is 9.11. The lowest BCUT2D eigenvalue weighted by Crippen LogP contribution is -2.38. The van der Waals surface area contributed by atoms with Crippen molar-refractivity contribution in [3.8, 4) is 6.07 Å². The summed E-state index contributed by atoms with van der Waals surface area (Å²) in [7, 11) is 0. The summed E-state index contributed by atoms with van der Waals surface area (Å²) in [6, 6.07) is 11.0. The zero-order chi connectivity index (χ0) is 13.8. The molecule has 0 bridgehead atoms. The number of hydrogen-bond acceptors (Lipinski definition) is 5. The lowest BCUT2D eigenvalue weighted by atomic mass is 10.1. The molecule has 0 aliphatic rings. The van der Waals surface area contributed by atoms with Crippen LogP contribution in [0.25, 0.3) is 10.9 Å². The Morgan fingerprint density at radius 1 is 1.47 bits per heavy atom. The zero-order valence-corrected chi connectivity index (χ0v) is 10.7. The van der Waals surface area contributed by atoms with Gasteiger partial charge < -0.3 is 16.2 Å². The molecule has 0 aliphatic carbocycles. The van der Waals surface area contributed by atoms with Crippen LogP contribution in [0.5, 0.6) is 0 Å². The Morgan fingerprint density at radius 2 is 2.21 bits per heavy atom. The van der Waals surface area contributed by atoms with E-state index in [9.17, 15) is 5.11 Å². The molecule has 2 atom stereocenters. The maximum absolute atomic E-state index is 9.33. The number of pyridine rings is 1. The van der Waals surface area contributed by atoms with E-state index in [2.05, 4.69) is 16.4 Å². The van der Waals surface area contributed by atoms with Crippen LogP contribution in [0, 0.1) is 11.3 Å². The van der Waals surface area contributed by atoms with E-state index < -0.39 is 6.10 Å². The van der Waals surface area contributed by atoms with Gasteiger partial charge in [0.1, 0.15) is 5.82 Å². The predicted octanol–water partition coefficient (Wildman–Crippen LogP) is 1.23. The molecule has 5 nitrogen and oxygen atoms in total. The van der Waals surface area contributed by atoms with Gasteiger partial charge in [-0.25, -0.2) is 4.98 Å². The maximum Gasteiger partial charge on any atom is 0.128 e. The monoisotopic (exact) mass is 256 g/mol. The van der Waals surface area contributed by atoms with E-state index >= 15 is 0 Å². The summed E-state index contributed by atoms with van der Waals surface area (Å²) in [6.07, 6.45) is -0.594. The van der Waals surface area contributed by atoms with Crippen molar-refractivity contribution in [2.24, 2.45) is 5.73 Å². The average Bonchev–Trinajstić information content (AvgIpc) is 2.43. The van der Waals surface area contributed by atoms with E-state index in [0.29, 0.717) is 17.9 Å². The van der Waals surface area contributed by atoms with Gasteiger partial charge in [-0.2, -0.15) is 5.26 Å². The molecular formula is C14H16N4O. The van der Waals surface area contributed by atoms with Crippen LogP contribution in [0.3, 0.4) is 0 Å². The van der Waals surface area contributed by atoms with Crippen LogP contribution in [0.4, 0.5) is 5.82 Å². The first kappa shape index (κ1) is 13.3. The van der Waals surface area contributed by atoms with Crippen LogP contribution in [0.1, 0.15) is 12.5 Å². The average molecular weight is 256 g/mol. The van der Waals surface area contributed by atoms with Crippen LogP contribution in [0.15, 0.2) is 30.3 Å². The fraction of sp³-hybridized carbons (Fsp3) is 0.286. The first-order valence-corrected chi connectivity index (χ1v) is 6.09. The van der Waals surface area contributed by atoms with Gasteiger partial charge in [-0.05, 0) is 19.1 Å². The standard InChI is InChI=1S/C14H16N4O/c1-9(19)12(16)8-17-14-6-10(7-15)11-4-2-3-5-13(11)18-14/h2-6,9,12,19H,8,16H2,1H3,(H,17,18). The maximum atomic E-state index is 9.33. The lowest BCUT2D eigenvalue weighted by Gasteiger charge is -2.16. The van der Waals surface area contributed by atoms with Crippen LogP contribution in [-0.2, 0) is 0 Å². The highest BCUT2D eigenvalue weighted by Gasteiger charge is 2.10. The largest absolute Gasteiger partial charge is 0.392 e. The fourth-order valence-electron chi connectivity index (χ4n) is 1.75. The van der Waals surface area contributed by atoms with E-state index in [1.807, 2.05) is 24.3 Å². The van der Waals surface area contributed by atoms with Gasteiger partial charge in [0.15, 0.2) is 0 Å². The number of para-hydroxylation sites is 1. The van der Waals surface area contributed by atoms with E-state index in [0.717, 1.165) is 10.9 Å². The number of benzene rings is 1. The van der Waals surface area contributed by atoms with Crippen molar-refractivity contribution in [2.45, 2.75) is 19.1 Å². The third-order valence-electron chi connectivity index (χ3n) is 2.98. The van der Waals surface area contributed by atoms with Crippen LogP contribution in [-0.4, -0.2) is 28.8 Å². The van der Waals surface area contributed by atoms with Crippen molar-refractivity contribution in [3.05, 3.63) is 35.9 Å².